The number of anilines is 3. The number of nitrogens with one attached hydrogen (secondary N) is 2. The summed E-state index contributed by atoms with van der Waals surface area (Å²) >= 11 is 0.970. The number of hydrogen-bond acceptors (Lipinski definition) is 9. The zero-order chi connectivity index (χ0) is 27.5. The Balaban J connectivity index is 1.37. The van der Waals surface area contributed by atoms with Crippen LogP contribution in [0.3, 0.4) is 0 Å². The Morgan fingerprint density at radius 1 is 1.16 bits per heavy atom. The Kier molecular flexibility index (Phi) is 8.11. The molecule has 4 rings (SSSR count). The van der Waals surface area contributed by atoms with Crippen molar-refractivity contribution in [3.05, 3.63) is 47.7 Å². The number of pyridine rings is 1. The van der Waals surface area contributed by atoms with Crippen molar-refractivity contribution in [2.24, 2.45) is 0 Å². The number of piperidine rings is 1. The fourth-order valence-electron chi connectivity index (χ4n) is 4.05. The molecule has 0 radical (unpaired) electrons. The van der Waals surface area contributed by atoms with Gasteiger partial charge in [0.15, 0.2) is 5.69 Å². The van der Waals surface area contributed by atoms with Gasteiger partial charge >= 0.3 is 6.18 Å². The number of carbonyl (C=O) groups is 1. The standard InChI is InChI=1S/C24H27F4N7O2S/c1-14-20(22(38-34-14)33-18-11-29-17(10-30-18)24(26,27)28)21(36)32-15-6-7-19(31-9-15)37-16-5-4-8-35(12-16)13-23(2,3)25/h6-7,9-11,16H,4-5,8,12-13H2,1-3H3,(H,30,33)(H,32,36). The minimum atomic E-state index is -4.60. The number of rotatable bonds is 8. The van der Waals surface area contributed by atoms with Crippen LogP contribution in [0.4, 0.5) is 34.1 Å². The highest BCUT2D eigenvalue weighted by Crippen LogP contribution is 2.30. The van der Waals surface area contributed by atoms with E-state index in [0.717, 1.165) is 37.1 Å². The maximum absolute atomic E-state index is 14.0. The maximum Gasteiger partial charge on any atom is 0.434 e. The van der Waals surface area contributed by atoms with Crippen molar-refractivity contribution in [3.63, 3.8) is 0 Å². The lowest BCUT2D eigenvalue weighted by molar-refractivity contribution is -0.141. The van der Waals surface area contributed by atoms with E-state index in [0.29, 0.717) is 41.5 Å². The minimum Gasteiger partial charge on any atom is -0.473 e. The van der Waals surface area contributed by atoms with Crippen LogP contribution in [0.2, 0.25) is 0 Å². The molecule has 1 saturated heterocycles. The number of halogens is 4. The molecule has 0 spiro atoms. The molecule has 1 amide bonds. The molecule has 1 atom stereocenters. The molecule has 1 aliphatic rings. The van der Waals surface area contributed by atoms with Crippen molar-refractivity contribution in [2.45, 2.75) is 51.6 Å². The van der Waals surface area contributed by atoms with E-state index in [1.807, 2.05) is 4.90 Å². The van der Waals surface area contributed by atoms with E-state index in [4.69, 9.17) is 4.74 Å². The number of likely N-dealkylation sites (tertiary alicyclic amines) is 1. The van der Waals surface area contributed by atoms with Crippen LogP contribution in [0.5, 0.6) is 5.88 Å². The van der Waals surface area contributed by atoms with E-state index >= 15 is 0 Å². The number of aromatic nitrogens is 4. The van der Waals surface area contributed by atoms with Crippen molar-refractivity contribution in [2.75, 3.05) is 30.3 Å². The molecule has 3 aromatic heterocycles. The van der Waals surface area contributed by atoms with Crippen molar-refractivity contribution in [3.8, 4) is 5.88 Å². The molecular weight excluding hydrogens is 526 g/mol. The summed E-state index contributed by atoms with van der Waals surface area (Å²) in [6.45, 7) is 6.52. The van der Waals surface area contributed by atoms with Gasteiger partial charge in [0.25, 0.3) is 5.91 Å². The van der Waals surface area contributed by atoms with E-state index in [1.165, 1.54) is 6.20 Å². The number of ether oxygens (including phenoxy) is 1. The average Bonchev–Trinajstić information content (AvgIpc) is 3.19. The summed E-state index contributed by atoms with van der Waals surface area (Å²) in [4.78, 5) is 26.4. The van der Waals surface area contributed by atoms with Crippen molar-refractivity contribution >= 4 is 33.9 Å². The highest BCUT2D eigenvalue weighted by atomic mass is 32.1. The second-order valence-corrected chi connectivity index (χ2v) is 10.3. The van der Waals surface area contributed by atoms with Gasteiger partial charge in [-0.3, -0.25) is 9.69 Å². The molecule has 0 aromatic carbocycles. The van der Waals surface area contributed by atoms with Gasteiger partial charge in [0.1, 0.15) is 22.6 Å². The SMILES string of the molecule is Cc1nsc(Nc2cnc(C(F)(F)F)cn2)c1C(=O)Nc1ccc(OC2CCCN(CC(C)(C)F)C2)nc1. The van der Waals surface area contributed by atoms with Gasteiger partial charge in [-0.25, -0.2) is 19.3 Å². The van der Waals surface area contributed by atoms with Gasteiger partial charge in [-0.15, -0.1) is 0 Å². The van der Waals surface area contributed by atoms with Crippen LogP contribution in [0, 0.1) is 6.92 Å². The van der Waals surface area contributed by atoms with Crippen LogP contribution in [-0.4, -0.2) is 61.5 Å². The fourth-order valence-corrected chi connectivity index (χ4v) is 4.85. The molecule has 204 valence electrons. The normalized spacial score (nSPS) is 16.8. The molecule has 1 aliphatic heterocycles. The van der Waals surface area contributed by atoms with E-state index < -0.39 is 23.4 Å². The first-order chi connectivity index (χ1) is 17.9. The quantitative estimate of drug-likeness (QED) is 0.365. The van der Waals surface area contributed by atoms with Crippen LogP contribution < -0.4 is 15.4 Å². The van der Waals surface area contributed by atoms with Crippen LogP contribution in [0.1, 0.15) is 48.4 Å². The number of amides is 1. The van der Waals surface area contributed by atoms with Crippen LogP contribution in [0.15, 0.2) is 30.7 Å². The van der Waals surface area contributed by atoms with Gasteiger partial charge in [0.2, 0.25) is 5.88 Å². The van der Waals surface area contributed by atoms with Crippen LogP contribution in [0.25, 0.3) is 0 Å². The molecule has 9 nitrogen and oxygen atoms in total. The third-order valence-corrected chi connectivity index (χ3v) is 6.47. The summed E-state index contributed by atoms with van der Waals surface area (Å²) in [6.07, 6.45) is 0.0342. The van der Waals surface area contributed by atoms with Gasteiger partial charge in [0, 0.05) is 19.2 Å². The highest BCUT2D eigenvalue weighted by molar-refractivity contribution is 7.10. The molecule has 14 heteroatoms. The highest BCUT2D eigenvalue weighted by Gasteiger charge is 2.33. The van der Waals surface area contributed by atoms with Crippen molar-refractivity contribution in [1.29, 1.82) is 0 Å². The Morgan fingerprint density at radius 3 is 2.58 bits per heavy atom. The van der Waals surface area contributed by atoms with Gasteiger partial charge in [-0.2, -0.15) is 17.5 Å². The molecule has 0 saturated carbocycles. The monoisotopic (exact) mass is 553 g/mol. The topological polar surface area (TPSA) is 105 Å². The van der Waals surface area contributed by atoms with E-state index in [-0.39, 0.29) is 17.5 Å². The van der Waals surface area contributed by atoms with Crippen LogP contribution in [-0.2, 0) is 6.18 Å². The smallest absolute Gasteiger partial charge is 0.434 e. The number of alkyl halides is 4. The molecule has 3 aromatic rings. The summed E-state index contributed by atoms with van der Waals surface area (Å²) in [5.74, 6) is -0.0490. The lowest BCUT2D eigenvalue weighted by Gasteiger charge is -2.34. The molecule has 1 fully saturated rings. The van der Waals surface area contributed by atoms with Crippen LogP contribution >= 0.6 is 11.5 Å². The predicted octanol–water partition coefficient (Wildman–Crippen LogP) is 5.24. The molecule has 1 unspecified atom stereocenters. The first-order valence-electron chi connectivity index (χ1n) is 11.9. The largest absolute Gasteiger partial charge is 0.473 e. The molecule has 0 aliphatic carbocycles. The number of carbonyl (C=O) groups excluding carboxylic acids is 1. The molecule has 0 bridgehead atoms. The van der Waals surface area contributed by atoms with Gasteiger partial charge < -0.3 is 15.4 Å². The third-order valence-electron chi connectivity index (χ3n) is 5.62. The van der Waals surface area contributed by atoms with Gasteiger partial charge in [-0.05, 0) is 57.8 Å². The number of hydrogen-bond donors (Lipinski definition) is 2. The maximum atomic E-state index is 14.0. The fraction of sp³-hybridized carbons (Fsp3) is 0.458. The Bertz CT molecular complexity index is 1240. The molecule has 2 N–H and O–H groups in total. The first-order valence-corrected chi connectivity index (χ1v) is 12.6. The zero-order valence-electron chi connectivity index (χ0n) is 21.0. The second kappa shape index (κ2) is 11.2. The number of nitrogens with zero attached hydrogens (tertiary/aromatic N) is 5. The summed E-state index contributed by atoms with van der Waals surface area (Å²) in [5.41, 5.74) is -1.34. The minimum absolute atomic E-state index is 0.0372. The lowest BCUT2D eigenvalue weighted by Crippen LogP contribution is -2.45. The molecular formula is C24H27F4N7O2S. The van der Waals surface area contributed by atoms with E-state index in [9.17, 15) is 22.4 Å². The summed E-state index contributed by atoms with van der Waals surface area (Å²) in [6, 6.07) is 3.29. The Labute approximate surface area is 220 Å². The third kappa shape index (κ3) is 7.34. The first kappa shape index (κ1) is 27.6. The van der Waals surface area contributed by atoms with Gasteiger partial charge in [-0.1, -0.05) is 0 Å². The summed E-state index contributed by atoms with van der Waals surface area (Å²) in [7, 11) is 0. The Morgan fingerprint density at radius 2 is 1.95 bits per heavy atom. The predicted molar refractivity (Wildman–Crippen MR) is 135 cm³/mol. The molecule has 4 heterocycles. The number of aryl methyl sites for hydroxylation is 1. The molecule has 38 heavy (non-hydrogen) atoms. The second-order valence-electron chi connectivity index (χ2n) is 9.56. The Hall–Kier alpha value is -3.39. The summed E-state index contributed by atoms with van der Waals surface area (Å²) in [5, 5.41) is 5.85. The van der Waals surface area contributed by atoms with E-state index in [2.05, 4.69) is 30.0 Å². The summed E-state index contributed by atoms with van der Waals surface area (Å²) < 4.78 is 62.3. The van der Waals surface area contributed by atoms with Gasteiger partial charge in [0.05, 0.1) is 35.5 Å². The lowest BCUT2D eigenvalue weighted by atomic mass is 10.1. The zero-order valence-corrected chi connectivity index (χ0v) is 21.8. The average molecular weight is 554 g/mol. The van der Waals surface area contributed by atoms with Crippen molar-refractivity contribution in [1.82, 2.24) is 24.2 Å². The van der Waals surface area contributed by atoms with Crippen molar-refractivity contribution < 1.29 is 27.1 Å². The van der Waals surface area contributed by atoms with E-state index in [1.54, 1.807) is 32.9 Å².